The minimum Gasteiger partial charge on any atom is -0.481 e. The minimum atomic E-state index is -0.856. The lowest BCUT2D eigenvalue weighted by atomic mass is 10.1. The van der Waals surface area contributed by atoms with Crippen LogP contribution in [0.15, 0.2) is 10.9 Å². The molecule has 0 fully saturated rings. The molecule has 1 amide bonds. The van der Waals surface area contributed by atoms with E-state index in [9.17, 15) is 9.59 Å². The average Bonchev–Trinajstić information content (AvgIpc) is 2.65. The van der Waals surface area contributed by atoms with Crippen molar-refractivity contribution < 1.29 is 14.7 Å². The third-order valence-electron chi connectivity index (χ3n) is 1.80. The lowest BCUT2D eigenvalue weighted by Crippen LogP contribution is -2.29. The number of hydrogen-bond acceptors (Lipinski definition) is 4. The maximum Gasteiger partial charge on any atom is 0.303 e. The zero-order chi connectivity index (χ0) is 11.3. The molecule has 0 radical (unpaired) electrons. The summed E-state index contributed by atoms with van der Waals surface area (Å²) >= 11 is 1.35. The van der Waals surface area contributed by atoms with Crippen molar-refractivity contribution in [1.29, 1.82) is 0 Å². The zero-order valence-electron chi connectivity index (χ0n) is 8.27. The fraction of sp³-hybridized carbons (Fsp3) is 0.444. The monoisotopic (exact) mass is 228 g/mol. The second kappa shape index (κ2) is 5.45. The van der Waals surface area contributed by atoms with Crippen molar-refractivity contribution in [3.05, 3.63) is 16.6 Å². The molecule has 1 aromatic rings. The van der Waals surface area contributed by atoms with Crippen LogP contribution in [0.4, 0.5) is 0 Å². The Morgan fingerprint density at radius 1 is 1.67 bits per heavy atom. The molecule has 0 aromatic carbocycles. The van der Waals surface area contributed by atoms with E-state index < -0.39 is 5.97 Å². The Balaban J connectivity index is 2.31. The van der Waals surface area contributed by atoms with Crippen molar-refractivity contribution in [3.63, 3.8) is 0 Å². The van der Waals surface area contributed by atoms with Crippen LogP contribution in [0.1, 0.15) is 23.8 Å². The highest BCUT2D eigenvalue weighted by atomic mass is 32.1. The number of hydrogen-bond donors (Lipinski definition) is 2. The van der Waals surface area contributed by atoms with Gasteiger partial charge in [-0.25, -0.2) is 4.98 Å². The molecule has 0 unspecified atom stereocenters. The molecule has 1 heterocycles. The summed E-state index contributed by atoms with van der Waals surface area (Å²) in [5, 5.41) is 12.8. The Hall–Kier alpha value is -1.43. The van der Waals surface area contributed by atoms with Gasteiger partial charge in [0.25, 0.3) is 5.91 Å². The fourth-order valence-electron chi connectivity index (χ4n) is 1.05. The quantitative estimate of drug-likeness (QED) is 0.787. The number of carboxylic acid groups (broad SMARTS) is 1. The number of amides is 1. The average molecular weight is 228 g/mol. The van der Waals surface area contributed by atoms with Crippen LogP contribution in [-0.2, 0) is 4.79 Å². The van der Waals surface area contributed by atoms with Gasteiger partial charge in [0.2, 0.25) is 0 Å². The van der Waals surface area contributed by atoms with Gasteiger partial charge in [-0.1, -0.05) is 6.92 Å². The largest absolute Gasteiger partial charge is 0.481 e. The van der Waals surface area contributed by atoms with Gasteiger partial charge in [0.1, 0.15) is 5.69 Å². The Kier molecular flexibility index (Phi) is 4.23. The van der Waals surface area contributed by atoms with Gasteiger partial charge >= 0.3 is 5.97 Å². The van der Waals surface area contributed by atoms with Gasteiger partial charge in [-0.3, -0.25) is 9.59 Å². The standard InChI is InChI=1S/C9H12N2O3S/c1-6(2-8(12)13)3-10-9(14)7-4-15-5-11-7/h4-6H,2-3H2,1H3,(H,10,14)(H,12,13)/t6-/m0/s1. The molecule has 0 saturated carbocycles. The maximum absolute atomic E-state index is 11.4. The highest BCUT2D eigenvalue weighted by Gasteiger charge is 2.11. The second-order valence-corrected chi connectivity index (χ2v) is 4.01. The van der Waals surface area contributed by atoms with Crippen molar-refractivity contribution >= 4 is 23.2 Å². The van der Waals surface area contributed by atoms with Gasteiger partial charge in [-0.2, -0.15) is 0 Å². The van der Waals surface area contributed by atoms with Crippen molar-refractivity contribution in [1.82, 2.24) is 10.3 Å². The van der Waals surface area contributed by atoms with E-state index in [1.54, 1.807) is 17.8 Å². The fourth-order valence-corrected chi connectivity index (χ4v) is 1.58. The molecule has 0 aliphatic heterocycles. The highest BCUT2D eigenvalue weighted by molar-refractivity contribution is 7.07. The first-order valence-corrected chi connectivity index (χ1v) is 5.42. The number of rotatable bonds is 5. The number of carboxylic acids is 1. The minimum absolute atomic E-state index is 0.0529. The topological polar surface area (TPSA) is 79.3 Å². The smallest absolute Gasteiger partial charge is 0.303 e. The normalized spacial score (nSPS) is 12.1. The van der Waals surface area contributed by atoms with Crippen LogP contribution in [0.25, 0.3) is 0 Å². The van der Waals surface area contributed by atoms with Crippen LogP contribution in [0.3, 0.4) is 0 Å². The molecule has 82 valence electrons. The summed E-state index contributed by atoms with van der Waals surface area (Å²) in [5.41, 5.74) is 1.96. The predicted molar refractivity (Wildman–Crippen MR) is 55.9 cm³/mol. The molecule has 15 heavy (non-hydrogen) atoms. The summed E-state index contributed by atoms with van der Waals surface area (Å²) in [5.74, 6) is -1.19. The lowest BCUT2D eigenvalue weighted by Gasteiger charge is -2.08. The summed E-state index contributed by atoms with van der Waals surface area (Å²) in [4.78, 5) is 25.6. The van der Waals surface area contributed by atoms with Gasteiger partial charge in [-0.05, 0) is 5.92 Å². The van der Waals surface area contributed by atoms with E-state index in [1.165, 1.54) is 11.3 Å². The zero-order valence-corrected chi connectivity index (χ0v) is 9.08. The molecule has 0 spiro atoms. The van der Waals surface area contributed by atoms with Crippen molar-refractivity contribution in [2.75, 3.05) is 6.54 Å². The first-order chi connectivity index (χ1) is 7.09. The number of thiazole rings is 1. The van der Waals surface area contributed by atoms with Crippen molar-refractivity contribution in [2.45, 2.75) is 13.3 Å². The van der Waals surface area contributed by atoms with Crippen molar-refractivity contribution in [2.24, 2.45) is 5.92 Å². The van der Waals surface area contributed by atoms with Gasteiger partial charge < -0.3 is 10.4 Å². The number of nitrogens with one attached hydrogen (secondary N) is 1. The Labute approximate surface area is 91.1 Å². The van der Waals surface area contributed by atoms with Crippen LogP contribution in [0.2, 0.25) is 0 Å². The molecule has 0 bridgehead atoms. The van der Waals surface area contributed by atoms with E-state index in [0.29, 0.717) is 12.2 Å². The van der Waals surface area contributed by atoms with E-state index in [0.717, 1.165) is 0 Å². The predicted octanol–water partition coefficient (Wildman–Crippen LogP) is 0.984. The molecule has 1 atom stereocenters. The van der Waals surface area contributed by atoms with Crippen LogP contribution in [0.5, 0.6) is 0 Å². The van der Waals surface area contributed by atoms with Gasteiger partial charge in [0, 0.05) is 18.3 Å². The number of nitrogens with zero attached hydrogens (tertiary/aromatic N) is 1. The summed E-state index contributed by atoms with van der Waals surface area (Å²) < 4.78 is 0. The van der Waals surface area contributed by atoms with Crippen LogP contribution in [-0.4, -0.2) is 28.5 Å². The molecular weight excluding hydrogens is 216 g/mol. The maximum atomic E-state index is 11.4. The molecule has 2 N–H and O–H groups in total. The second-order valence-electron chi connectivity index (χ2n) is 3.29. The SMILES string of the molecule is C[C@H](CNC(=O)c1cscn1)CC(=O)O. The summed E-state index contributed by atoms with van der Waals surface area (Å²) in [7, 11) is 0. The molecule has 0 aliphatic rings. The van der Waals surface area contributed by atoms with E-state index in [1.807, 2.05) is 0 Å². The number of carbonyl (C=O) groups is 2. The molecule has 6 heteroatoms. The van der Waals surface area contributed by atoms with E-state index in [2.05, 4.69) is 10.3 Å². The Morgan fingerprint density at radius 3 is 2.93 bits per heavy atom. The third kappa shape index (κ3) is 4.07. The van der Waals surface area contributed by atoms with Crippen molar-refractivity contribution in [3.8, 4) is 0 Å². The number of aromatic nitrogens is 1. The molecule has 5 nitrogen and oxygen atoms in total. The molecule has 0 saturated heterocycles. The molecular formula is C9H12N2O3S. The van der Waals surface area contributed by atoms with Crippen LogP contribution >= 0.6 is 11.3 Å². The third-order valence-corrected chi connectivity index (χ3v) is 2.39. The lowest BCUT2D eigenvalue weighted by molar-refractivity contribution is -0.137. The highest BCUT2D eigenvalue weighted by Crippen LogP contribution is 2.02. The Morgan fingerprint density at radius 2 is 2.40 bits per heavy atom. The number of carbonyl (C=O) groups excluding carboxylic acids is 1. The Bertz CT molecular complexity index is 337. The molecule has 1 aromatic heterocycles. The van der Waals surface area contributed by atoms with E-state index >= 15 is 0 Å². The number of aliphatic carboxylic acids is 1. The summed E-state index contributed by atoms with van der Waals surface area (Å²) in [6.07, 6.45) is 0.0529. The summed E-state index contributed by atoms with van der Waals surface area (Å²) in [6, 6.07) is 0. The van der Waals surface area contributed by atoms with Gasteiger partial charge in [-0.15, -0.1) is 11.3 Å². The van der Waals surface area contributed by atoms with Crippen LogP contribution < -0.4 is 5.32 Å². The first kappa shape index (κ1) is 11.6. The first-order valence-electron chi connectivity index (χ1n) is 4.47. The van der Waals surface area contributed by atoms with Gasteiger partial charge in [0.15, 0.2) is 0 Å². The van der Waals surface area contributed by atoms with Crippen LogP contribution in [0, 0.1) is 5.92 Å². The van der Waals surface area contributed by atoms with E-state index in [-0.39, 0.29) is 18.2 Å². The van der Waals surface area contributed by atoms with E-state index in [4.69, 9.17) is 5.11 Å². The molecule has 1 rings (SSSR count). The summed E-state index contributed by atoms with van der Waals surface area (Å²) in [6.45, 7) is 2.12. The molecule has 0 aliphatic carbocycles. The van der Waals surface area contributed by atoms with Gasteiger partial charge in [0.05, 0.1) is 5.51 Å².